The number of aliphatic carboxylic acids is 1. The van der Waals surface area contributed by atoms with Crippen molar-refractivity contribution in [1.82, 2.24) is 0 Å². The highest BCUT2D eigenvalue weighted by molar-refractivity contribution is 5.66. The summed E-state index contributed by atoms with van der Waals surface area (Å²) in [6, 6.07) is 0. The van der Waals surface area contributed by atoms with Crippen LogP contribution in [0.2, 0.25) is 0 Å². The van der Waals surface area contributed by atoms with E-state index in [1.807, 2.05) is 0 Å². The highest BCUT2D eigenvalue weighted by Crippen LogP contribution is 2.40. The number of carbonyl (C=O) groups is 2. The second-order valence-electron chi connectivity index (χ2n) is 7.20. The van der Waals surface area contributed by atoms with Gasteiger partial charge in [-0.2, -0.15) is 0 Å². The summed E-state index contributed by atoms with van der Waals surface area (Å²) >= 11 is 0. The van der Waals surface area contributed by atoms with Crippen molar-refractivity contribution >= 4 is 11.9 Å². The molecule has 0 aromatic rings. The lowest BCUT2D eigenvalue weighted by Crippen LogP contribution is -2.18. The van der Waals surface area contributed by atoms with Gasteiger partial charge in [-0.1, -0.05) is 50.8 Å². The molecular weight excluding hydrogens is 316 g/mol. The van der Waals surface area contributed by atoms with Gasteiger partial charge in [-0.05, 0) is 50.0 Å². The quantitative estimate of drug-likeness (QED) is 0.273. The Morgan fingerprint density at radius 2 is 1.88 bits per heavy atom. The first-order valence-corrected chi connectivity index (χ1v) is 9.71. The summed E-state index contributed by atoms with van der Waals surface area (Å²) in [6.07, 6.45) is 19.0. The van der Waals surface area contributed by atoms with Crippen molar-refractivity contribution in [3.05, 3.63) is 24.3 Å². The molecule has 0 amide bonds. The molecule has 0 saturated heterocycles. The molecule has 0 radical (unpaired) electrons. The Morgan fingerprint density at radius 3 is 2.48 bits per heavy atom. The van der Waals surface area contributed by atoms with Crippen molar-refractivity contribution in [3.8, 4) is 0 Å². The van der Waals surface area contributed by atoms with Crippen molar-refractivity contribution in [2.45, 2.75) is 90.6 Å². The van der Waals surface area contributed by atoms with E-state index >= 15 is 0 Å². The van der Waals surface area contributed by atoms with Crippen LogP contribution < -0.4 is 0 Å². The third-order valence-electron chi connectivity index (χ3n) is 4.85. The number of ether oxygens (including phenoxy) is 1. The molecule has 0 aromatic heterocycles. The number of rotatable bonds is 13. The van der Waals surface area contributed by atoms with Crippen LogP contribution >= 0.6 is 0 Å². The number of esters is 1. The highest BCUT2D eigenvalue weighted by atomic mass is 16.5. The smallest absolute Gasteiger partial charge is 0.303 e. The Bertz CT molecular complexity index is 457. The number of hydrogen-bond acceptors (Lipinski definition) is 3. The van der Waals surface area contributed by atoms with Crippen LogP contribution in [0.3, 0.4) is 0 Å². The zero-order valence-corrected chi connectivity index (χ0v) is 15.8. The fourth-order valence-electron chi connectivity index (χ4n) is 3.39. The number of hydrogen-bond donors (Lipinski definition) is 1. The number of unbranched alkanes of at least 4 members (excludes halogenated alkanes) is 4. The minimum atomic E-state index is -0.714. The molecule has 1 aliphatic rings. The van der Waals surface area contributed by atoms with E-state index < -0.39 is 5.97 Å². The fourth-order valence-corrected chi connectivity index (χ4v) is 3.39. The van der Waals surface area contributed by atoms with Gasteiger partial charge in [0.05, 0.1) is 0 Å². The van der Waals surface area contributed by atoms with Crippen LogP contribution in [-0.4, -0.2) is 23.1 Å². The normalized spacial score (nSPS) is 17.0. The largest absolute Gasteiger partial charge is 0.481 e. The van der Waals surface area contributed by atoms with Crippen LogP contribution in [0.25, 0.3) is 0 Å². The van der Waals surface area contributed by atoms with Gasteiger partial charge in [0.25, 0.3) is 0 Å². The van der Waals surface area contributed by atoms with Gasteiger partial charge in [-0.25, -0.2) is 0 Å². The minimum Gasteiger partial charge on any atom is -0.481 e. The summed E-state index contributed by atoms with van der Waals surface area (Å²) in [4.78, 5) is 21.9. The Morgan fingerprint density at radius 1 is 1.16 bits per heavy atom. The molecule has 0 saturated carbocycles. The third-order valence-corrected chi connectivity index (χ3v) is 4.85. The molecule has 0 aromatic carbocycles. The summed E-state index contributed by atoms with van der Waals surface area (Å²) < 4.78 is 5.46. The van der Waals surface area contributed by atoms with Crippen molar-refractivity contribution < 1.29 is 19.4 Å². The van der Waals surface area contributed by atoms with Crippen molar-refractivity contribution in [3.63, 3.8) is 0 Å². The van der Waals surface area contributed by atoms with Gasteiger partial charge < -0.3 is 9.84 Å². The van der Waals surface area contributed by atoms with E-state index in [1.54, 1.807) is 0 Å². The van der Waals surface area contributed by atoms with Gasteiger partial charge in [-0.15, -0.1) is 0 Å². The average Bonchev–Trinajstić information content (AvgIpc) is 3.01. The molecule has 25 heavy (non-hydrogen) atoms. The lowest BCUT2D eigenvalue weighted by molar-refractivity contribution is -0.144. The third kappa shape index (κ3) is 9.47. The van der Waals surface area contributed by atoms with E-state index in [9.17, 15) is 9.59 Å². The standard InChI is InChI=1S/C21H34O4/c1-3-4-6-11-19(25-18(2)22)13-17-21(15-9-10-16-21)14-8-5-7-12-20(23)24/h9-10,13,17,19H,3-8,11-12,14-16H2,1-2H3,(H,23,24)/b17-13+. The van der Waals surface area contributed by atoms with Crippen LogP contribution in [0.4, 0.5) is 0 Å². The molecule has 1 rings (SSSR count). The van der Waals surface area contributed by atoms with Crippen LogP contribution in [0.5, 0.6) is 0 Å². The lowest BCUT2D eigenvalue weighted by atomic mass is 9.79. The predicted octanol–water partition coefficient (Wildman–Crippen LogP) is 5.43. The predicted molar refractivity (Wildman–Crippen MR) is 100 cm³/mol. The van der Waals surface area contributed by atoms with Gasteiger partial charge in [0.15, 0.2) is 0 Å². The van der Waals surface area contributed by atoms with Crippen LogP contribution in [-0.2, 0) is 14.3 Å². The number of carboxylic acids is 1. The summed E-state index contributed by atoms with van der Waals surface area (Å²) in [6.45, 7) is 3.64. The maximum atomic E-state index is 11.3. The Kier molecular flexibility index (Phi) is 10.2. The number of carbonyl (C=O) groups excluding carboxylic acids is 1. The molecule has 142 valence electrons. The molecule has 4 nitrogen and oxygen atoms in total. The second kappa shape index (κ2) is 11.9. The first-order chi connectivity index (χ1) is 12.0. The zero-order chi connectivity index (χ0) is 18.5. The highest BCUT2D eigenvalue weighted by Gasteiger charge is 2.27. The van der Waals surface area contributed by atoms with Gasteiger partial charge >= 0.3 is 11.9 Å². The number of carboxylic acid groups (broad SMARTS) is 1. The van der Waals surface area contributed by atoms with Crippen LogP contribution in [0, 0.1) is 5.41 Å². The lowest BCUT2D eigenvalue weighted by Gasteiger charge is -2.26. The minimum absolute atomic E-state index is 0.117. The van der Waals surface area contributed by atoms with Crippen LogP contribution in [0.15, 0.2) is 24.3 Å². The molecule has 1 unspecified atom stereocenters. The summed E-state index contributed by atoms with van der Waals surface area (Å²) in [5, 5.41) is 8.72. The average molecular weight is 350 g/mol. The monoisotopic (exact) mass is 350 g/mol. The molecule has 1 N–H and O–H groups in total. The Labute approximate surface area is 152 Å². The summed E-state index contributed by atoms with van der Waals surface area (Å²) in [5.74, 6) is -0.938. The van der Waals surface area contributed by atoms with Crippen molar-refractivity contribution in [1.29, 1.82) is 0 Å². The van der Waals surface area contributed by atoms with E-state index in [-0.39, 0.29) is 23.9 Å². The van der Waals surface area contributed by atoms with Gasteiger partial charge in [0, 0.05) is 13.3 Å². The van der Waals surface area contributed by atoms with Crippen molar-refractivity contribution in [2.75, 3.05) is 0 Å². The van der Waals surface area contributed by atoms with E-state index in [4.69, 9.17) is 9.84 Å². The molecule has 0 aliphatic heterocycles. The molecule has 1 atom stereocenters. The summed E-state index contributed by atoms with van der Waals surface area (Å²) in [7, 11) is 0. The second-order valence-corrected chi connectivity index (χ2v) is 7.20. The molecule has 0 spiro atoms. The molecule has 0 heterocycles. The first kappa shape index (κ1) is 21.5. The molecule has 0 fully saturated rings. The SMILES string of the molecule is CCCCCC(/C=C/C1(CCCCCC(=O)O)CC=CC1)OC(C)=O. The van der Waals surface area contributed by atoms with E-state index in [0.717, 1.165) is 64.2 Å². The van der Waals surface area contributed by atoms with Gasteiger partial charge in [0.2, 0.25) is 0 Å². The van der Waals surface area contributed by atoms with E-state index in [2.05, 4.69) is 31.2 Å². The molecule has 4 heteroatoms. The van der Waals surface area contributed by atoms with E-state index in [1.165, 1.54) is 6.92 Å². The maximum absolute atomic E-state index is 11.3. The Balaban J connectivity index is 2.54. The molecule has 0 bridgehead atoms. The first-order valence-electron chi connectivity index (χ1n) is 9.71. The van der Waals surface area contributed by atoms with E-state index in [0.29, 0.717) is 0 Å². The van der Waals surface area contributed by atoms with Crippen LogP contribution in [0.1, 0.15) is 84.5 Å². The Hall–Kier alpha value is -1.58. The molecular formula is C21H34O4. The number of allylic oxidation sites excluding steroid dienone is 3. The molecule has 1 aliphatic carbocycles. The summed E-state index contributed by atoms with van der Waals surface area (Å²) in [5.41, 5.74) is 0.117. The van der Waals surface area contributed by atoms with Crippen molar-refractivity contribution in [2.24, 2.45) is 5.41 Å². The fraction of sp³-hybridized carbons (Fsp3) is 0.714. The van der Waals surface area contributed by atoms with Gasteiger partial charge in [0.1, 0.15) is 6.10 Å². The van der Waals surface area contributed by atoms with Gasteiger partial charge in [-0.3, -0.25) is 9.59 Å². The zero-order valence-electron chi connectivity index (χ0n) is 15.8. The topological polar surface area (TPSA) is 63.6 Å². The maximum Gasteiger partial charge on any atom is 0.303 e.